The number of ether oxygens (including phenoxy) is 3. The number of Topliss-reactive ketones (excluding diaryl/α,β-unsaturated/α-hetero) is 1. The molecule has 1 unspecified atom stereocenters. The Morgan fingerprint density at radius 1 is 1.30 bits per heavy atom. The summed E-state index contributed by atoms with van der Waals surface area (Å²) >= 11 is 0. The van der Waals surface area contributed by atoms with Gasteiger partial charge in [0.2, 0.25) is 5.88 Å². The van der Waals surface area contributed by atoms with E-state index in [0.29, 0.717) is 47.8 Å². The maximum Gasteiger partial charge on any atom is 0.255 e. The van der Waals surface area contributed by atoms with Crippen molar-refractivity contribution in [2.24, 2.45) is 16.9 Å². The lowest BCUT2D eigenvalue weighted by atomic mass is 9.70. The Labute approximate surface area is 175 Å². The third-order valence-electron chi connectivity index (χ3n) is 5.05. The van der Waals surface area contributed by atoms with Crippen LogP contribution in [0.3, 0.4) is 0 Å². The van der Waals surface area contributed by atoms with E-state index < -0.39 is 11.8 Å². The first-order chi connectivity index (χ1) is 14.2. The molecule has 1 heterocycles. The minimum atomic E-state index is -0.660. The van der Waals surface area contributed by atoms with Crippen LogP contribution in [0.25, 0.3) is 0 Å². The standard InChI is InChI=1S/C22H25N3O5/c1-4-28-16-7-12(5-6-15(16)29-11-18(24)27)19-13(10-23)21(25)30-17-9-22(2,3)8-14(26)20(17)19/h5-7,19H,4,8-9,11,25H2,1-3H3,(H2,24,27). The summed E-state index contributed by atoms with van der Waals surface area (Å²) in [5.74, 6) is -0.121. The Balaban J connectivity index is 2.10. The molecule has 0 saturated heterocycles. The number of nitrogens with zero attached hydrogens (tertiary/aromatic N) is 1. The van der Waals surface area contributed by atoms with Crippen LogP contribution in [0.4, 0.5) is 0 Å². The number of primary amides is 1. The van der Waals surface area contributed by atoms with E-state index in [0.717, 1.165) is 0 Å². The molecule has 1 aromatic carbocycles. The zero-order chi connectivity index (χ0) is 22.1. The van der Waals surface area contributed by atoms with E-state index in [1.165, 1.54) is 0 Å². The molecule has 0 fully saturated rings. The molecule has 1 amide bonds. The van der Waals surface area contributed by atoms with Crippen LogP contribution in [-0.4, -0.2) is 24.9 Å². The lowest BCUT2D eigenvalue weighted by Gasteiger charge is -2.37. The van der Waals surface area contributed by atoms with Gasteiger partial charge in [0.05, 0.1) is 12.5 Å². The van der Waals surface area contributed by atoms with E-state index in [4.69, 9.17) is 25.7 Å². The first kappa shape index (κ1) is 21.2. The van der Waals surface area contributed by atoms with Gasteiger partial charge in [0, 0.05) is 18.4 Å². The molecule has 0 spiro atoms. The van der Waals surface area contributed by atoms with Gasteiger partial charge in [-0.25, -0.2) is 0 Å². The van der Waals surface area contributed by atoms with E-state index >= 15 is 0 Å². The molecule has 4 N–H and O–H groups in total. The van der Waals surface area contributed by atoms with Gasteiger partial charge in [0.1, 0.15) is 17.4 Å². The maximum atomic E-state index is 13.0. The molecule has 0 aromatic heterocycles. The lowest BCUT2D eigenvalue weighted by Crippen LogP contribution is -2.33. The minimum absolute atomic E-state index is 0.00114. The molecule has 8 heteroatoms. The van der Waals surface area contributed by atoms with Crippen LogP contribution >= 0.6 is 0 Å². The third kappa shape index (κ3) is 4.10. The summed E-state index contributed by atoms with van der Waals surface area (Å²) in [5, 5.41) is 9.74. The molecule has 0 saturated carbocycles. The van der Waals surface area contributed by atoms with Crippen molar-refractivity contribution >= 4 is 11.7 Å². The van der Waals surface area contributed by atoms with E-state index in [1.54, 1.807) is 18.2 Å². The van der Waals surface area contributed by atoms with Crippen molar-refractivity contribution in [2.45, 2.75) is 39.5 Å². The molecule has 8 nitrogen and oxygen atoms in total. The van der Waals surface area contributed by atoms with Gasteiger partial charge >= 0.3 is 0 Å². The number of nitriles is 1. The van der Waals surface area contributed by atoms with Gasteiger partial charge in [0.15, 0.2) is 23.9 Å². The highest BCUT2D eigenvalue weighted by molar-refractivity contribution is 6.00. The van der Waals surface area contributed by atoms with E-state index in [1.807, 2.05) is 20.8 Å². The average Bonchev–Trinajstić information content (AvgIpc) is 2.65. The maximum absolute atomic E-state index is 13.0. The number of rotatable bonds is 6. The number of benzene rings is 1. The lowest BCUT2D eigenvalue weighted by molar-refractivity contribution is -0.120. The predicted octanol–water partition coefficient (Wildman–Crippen LogP) is 2.40. The number of ketones is 1. The van der Waals surface area contributed by atoms with Crippen LogP contribution in [0.15, 0.2) is 41.0 Å². The highest BCUT2D eigenvalue weighted by atomic mass is 16.5. The SMILES string of the molecule is CCOc1cc(C2C(C#N)=C(N)OC3=C2C(=O)CC(C)(C)C3)ccc1OCC(N)=O. The van der Waals surface area contributed by atoms with Crippen LogP contribution in [0.1, 0.15) is 45.1 Å². The minimum Gasteiger partial charge on any atom is -0.490 e. The molecule has 1 atom stereocenters. The summed E-state index contributed by atoms with van der Waals surface area (Å²) in [6.07, 6.45) is 0.893. The van der Waals surface area contributed by atoms with Gasteiger partial charge in [-0.1, -0.05) is 19.9 Å². The first-order valence-electron chi connectivity index (χ1n) is 9.68. The number of carbonyl (C=O) groups excluding carboxylic acids is 2. The Hall–Kier alpha value is -3.47. The Morgan fingerprint density at radius 2 is 2.03 bits per heavy atom. The summed E-state index contributed by atoms with van der Waals surface area (Å²) in [4.78, 5) is 24.1. The van der Waals surface area contributed by atoms with Crippen molar-refractivity contribution in [3.8, 4) is 17.6 Å². The normalized spacial score (nSPS) is 20.2. The number of nitrogens with two attached hydrogens (primary N) is 2. The summed E-state index contributed by atoms with van der Waals surface area (Å²) < 4.78 is 16.8. The first-order valence-corrected chi connectivity index (χ1v) is 9.68. The summed E-state index contributed by atoms with van der Waals surface area (Å²) in [6, 6.07) is 7.13. The number of amides is 1. The average molecular weight is 411 g/mol. The molecular formula is C22H25N3O5. The van der Waals surface area contributed by atoms with Gasteiger partial charge in [-0.05, 0) is 30.0 Å². The largest absolute Gasteiger partial charge is 0.490 e. The zero-order valence-electron chi connectivity index (χ0n) is 17.3. The highest BCUT2D eigenvalue weighted by Crippen LogP contribution is 2.48. The van der Waals surface area contributed by atoms with Crippen LogP contribution in [-0.2, 0) is 14.3 Å². The van der Waals surface area contributed by atoms with Gasteiger partial charge in [-0.2, -0.15) is 5.26 Å². The van der Waals surface area contributed by atoms with Crippen LogP contribution < -0.4 is 20.9 Å². The van der Waals surface area contributed by atoms with Crippen molar-refractivity contribution in [2.75, 3.05) is 13.2 Å². The fourth-order valence-corrected chi connectivity index (χ4v) is 3.86. The second-order valence-electron chi connectivity index (χ2n) is 8.10. The molecule has 1 aliphatic heterocycles. The van der Waals surface area contributed by atoms with Crippen LogP contribution in [0, 0.1) is 16.7 Å². The van der Waals surface area contributed by atoms with E-state index in [9.17, 15) is 14.9 Å². The fraction of sp³-hybridized carbons (Fsp3) is 0.409. The number of hydrogen-bond acceptors (Lipinski definition) is 7. The van der Waals surface area contributed by atoms with Crippen molar-refractivity contribution in [1.82, 2.24) is 0 Å². The molecule has 0 radical (unpaired) electrons. The molecule has 158 valence electrons. The molecule has 30 heavy (non-hydrogen) atoms. The Kier molecular flexibility index (Phi) is 5.74. The molecule has 0 bridgehead atoms. The number of allylic oxidation sites excluding steroid dienone is 3. The van der Waals surface area contributed by atoms with Crippen molar-refractivity contribution in [3.63, 3.8) is 0 Å². The second kappa shape index (κ2) is 8.11. The van der Waals surface area contributed by atoms with Gasteiger partial charge < -0.3 is 25.7 Å². The molecule has 1 aromatic rings. The van der Waals surface area contributed by atoms with Gasteiger partial charge in [-0.3, -0.25) is 9.59 Å². The number of hydrogen-bond donors (Lipinski definition) is 2. The molecule has 1 aliphatic carbocycles. The fourth-order valence-electron chi connectivity index (χ4n) is 3.86. The van der Waals surface area contributed by atoms with Crippen LogP contribution in [0.5, 0.6) is 11.5 Å². The Bertz CT molecular complexity index is 1000. The summed E-state index contributed by atoms with van der Waals surface area (Å²) in [6.45, 7) is 5.85. The predicted molar refractivity (Wildman–Crippen MR) is 108 cm³/mol. The summed E-state index contributed by atoms with van der Waals surface area (Å²) in [7, 11) is 0. The second-order valence-corrected chi connectivity index (χ2v) is 8.10. The summed E-state index contributed by atoms with van der Waals surface area (Å²) in [5.41, 5.74) is 12.2. The van der Waals surface area contributed by atoms with Gasteiger partial charge in [0.25, 0.3) is 5.91 Å². The highest BCUT2D eigenvalue weighted by Gasteiger charge is 2.43. The zero-order valence-corrected chi connectivity index (χ0v) is 17.3. The quantitative estimate of drug-likeness (QED) is 0.733. The molecule has 2 aliphatic rings. The Morgan fingerprint density at radius 3 is 2.67 bits per heavy atom. The van der Waals surface area contributed by atoms with Crippen LogP contribution in [0.2, 0.25) is 0 Å². The van der Waals surface area contributed by atoms with E-state index in [2.05, 4.69) is 6.07 Å². The number of carbonyl (C=O) groups is 2. The van der Waals surface area contributed by atoms with Gasteiger partial charge in [-0.15, -0.1) is 0 Å². The van der Waals surface area contributed by atoms with Crippen molar-refractivity contribution in [3.05, 3.63) is 46.6 Å². The monoisotopic (exact) mass is 411 g/mol. The topological polar surface area (TPSA) is 138 Å². The smallest absolute Gasteiger partial charge is 0.255 e. The van der Waals surface area contributed by atoms with E-state index in [-0.39, 0.29) is 29.3 Å². The third-order valence-corrected chi connectivity index (χ3v) is 5.05. The molecule has 3 rings (SSSR count). The van der Waals surface area contributed by atoms with Crippen molar-refractivity contribution < 1.29 is 23.8 Å². The van der Waals surface area contributed by atoms with Crippen molar-refractivity contribution in [1.29, 1.82) is 5.26 Å². The molecular weight excluding hydrogens is 386 g/mol.